The lowest BCUT2D eigenvalue weighted by molar-refractivity contribution is -0.156. The molecule has 7 heteroatoms. The van der Waals surface area contributed by atoms with E-state index in [9.17, 15) is 9.59 Å². The normalized spacial score (nSPS) is 12.7. The number of nitrogens with one attached hydrogen (secondary N) is 1. The van der Waals surface area contributed by atoms with Crippen molar-refractivity contribution in [1.82, 2.24) is 10.3 Å². The standard InChI is InChI=1S/C13H16BrClN2O3/c1-7(12(19)20-13(2,3)4)17-11(18)9-5-8(14)6-16-10(9)15/h5-7H,1-4H3,(H,17,18)/t7-/m1/s1. The zero-order valence-corrected chi connectivity index (χ0v) is 14.0. The zero-order valence-electron chi connectivity index (χ0n) is 11.7. The third-order valence-corrected chi connectivity index (χ3v) is 2.89. The molecule has 0 fully saturated rings. The Hall–Kier alpha value is -1.14. The third kappa shape index (κ3) is 5.09. The second kappa shape index (κ2) is 6.54. The van der Waals surface area contributed by atoms with E-state index in [1.165, 1.54) is 12.3 Å². The van der Waals surface area contributed by atoms with Gasteiger partial charge >= 0.3 is 5.97 Å². The molecule has 0 aromatic carbocycles. The molecular weight excluding hydrogens is 348 g/mol. The van der Waals surface area contributed by atoms with Crippen LogP contribution in [-0.4, -0.2) is 28.5 Å². The van der Waals surface area contributed by atoms with E-state index in [0.717, 1.165) is 0 Å². The van der Waals surface area contributed by atoms with Crippen LogP contribution < -0.4 is 5.32 Å². The number of amides is 1. The van der Waals surface area contributed by atoms with Gasteiger partial charge in [-0.1, -0.05) is 11.6 Å². The SMILES string of the molecule is C[C@@H](NC(=O)c1cc(Br)cnc1Cl)C(=O)OC(C)(C)C. The van der Waals surface area contributed by atoms with Crippen molar-refractivity contribution in [2.45, 2.75) is 39.3 Å². The first-order chi connectivity index (χ1) is 9.10. The molecule has 0 unspecified atom stereocenters. The number of esters is 1. The van der Waals surface area contributed by atoms with Gasteiger partial charge in [0, 0.05) is 10.7 Å². The maximum absolute atomic E-state index is 12.0. The molecule has 0 saturated carbocycles. The van der Waals surface area contributed by atoms with Crippen LogP contribution in [0.5, 0.6) is 0 Å². The summed E-state index contributed by atoms with van der Waals surface area (Å²) in [4.78, 5) is 27.7. The summed E-state index contributed by atoms with van der Waals surface area (Å²) in [7, 11) is 0. The molecule has 0 bridgehead atoms. The molecule has 0 radical (unpaired) electrons. The van der Waals surface area contributed by atoms with Crippen molar-refractivity contribution >= 4 is 39.4 Å². The van der Waals surface area contributed by atoms with Gasteiger partial charge in [-0.2, -0.15) is 0 Å². The number of hydrogen-bond donors (Lipinski definition) is 1. The molecule has 0 saturated heterocycles. The van der Waals surface area contributed by atoms with Crippen molar-refractivity contribution in [2.24, 2.45) is 0 Å². The summed E-state index contributed by atoms with van der Waals surface area (Å²) in [5, 5.41) is 2.60. The number of ether oxygens (including phenoxy) is 1. The molecule has 0 aliphatic heterocycles. The largest absolute Gasteiger partial charge is 0.458 e. The number of halogens is 2. The molecule has 1 amide bonds. The van der Waals surface area contributed by atoms with Crippen LogP contribution in [0.1, 0.15) is 38.1 Å². The Morgan fingerprint density at radius 1 is 1.45 bits per heavy atom. The van der Waals surface area contributed by atoms with E-state index in [4.69, 9.17) is 16.3 Å². The summed E-state index contributed by atoms with van der Waals surface area (Å²) in [6, 6.07) is 0.753. The highest BCUT2D eigenvalue weighted by atomic mass is 79.9. The summed E-state index contributed by atoms with van der Waals surface area (Å²) >= 11 is 9.06. The van der Waals surface area contributed by atoms with Gasteiger partial charge in [0.05, 0.1) is 5.56 Å². The second-order valence-corrected chi connectivity index (χ2v) is 6.49. The van der Waals surface area contributed by atoms with E-state index in [1.807, 2.05) is 0 Å². The minimum absolute atomic E-state index is 0.0714. The Balaban J connectivity index is 2.75. The molecule has 1 aromatic rings. The summed E-state index contributed by atoms with van der Waals surface area (Å²) in [5.74, 6) is -0.993. The van der Waals surface area contributed by atoms with Crippen molar-refractivity contribution in [2.75, 3.05) is 0 Å². The summed E-state index contributed by atoms with van der Waals surface area (Å²) in [6.07, 6.45) is 1.48. The monoisotopic (exact) mass is 362 g/mol. The lowest BCUT2D eigenvalue weighted by Gasteiger charge is -2.22. The fraction of sp³-hybridized carbons (Fsp3) is 0.462. The number of hydrogen-bond acceptors (Lipinski definition) is 4. The summed E-state index contributed by atoms with van der Waals surface area (Å²) < 4.78 is 5.80. The molecule has 110 valence electrons. The fourth-order valence-electron chi connectivity index (χ4n) is 1.31. The number of carbonyl (C=O) groups excluding carboxylic acids is 2. The lowest BCUT2D eigenvalue weighted by Crippen LogP contribution is -2.42. The predicted octanol–water partition coefficient (Wildman–Crippen LogP) is 2.96. The van der Waals surface area contributed by atoms with E-state index in [-0.39, 0.29) is 10.7 Å². The highest BCUT2D eigenvalue weighted by Crippen LogP contribution is 2.18. The van der Waals surface area contributed by atoms with E-state index in [1.54, 1.807) is 27.7 Å². The van der Waals surface area contributed by atoms with Crippen LogP contribution in [0.25, 0.3) is 0 Å². The number of rotatable bonds is 3. The van der Waals surface area contributed by atoms with Gasteiger partial charge in [0.2, 0.25) is 0 Å². The molecule has 1 rings (SSSR count). The topological polar surface area (TPSA) is 68.3 Å². The van der Waals surface area contributed by atoms with Gasteiger partial charge in [-0.05, 0) is 49.7 Å². The molecule has 1 heterocycles. The fourth-order valence-corrected chi connectivity index (χ4v) is 1.83. The minimum Gasteiger partial charge on any atom is -0.458 e. The van der Waals surface area contributed by atoms with Crippen molar-refractivity contribution in [3.63, 3.8) is 0 Å². The highest BCUT2D eigenvalue weighted by molar-refractivity contribution is 9.10. The smallest absolute Gasteiger partial charge is 0.328 e. The number of nitrogens with zero attached hydrogens (tertiary/aromatic N) is 1. The van der Waals surface area contributed by atoms with Crippen LogP contribution in [-0.2, 0) is 9.53 Å². The van der Waals surface area contributed by atoms with Gasteiger partial charge in [0.15, 0.2) is 0 Å². The Bertz CT molecular complexity index is 529. The molecular formula is C13H16BrClN2O3. The molecule has 0 spiro atoms. The average molecular weight is 364 g/mol. The van der Waals surface area contributed by atoms with Gasteiger partial charge in [-0.25, -0.2) is 9.78 Å². The van der Waals surface area contributed by atoms with Gasteiger partial charge < -0.3 is 10.1 Å². The van der Waals surface area contributed by atoms with E-state index in [2.05, 4.69) is 26.2 Å². The van der Waals surface area contributed by atoms with Crippen LogP contribution in [0.4, 0.5) is 0 Å². The summed E-state index contributed by atoms with van der Waals surface area (Å²) in [6.45, 7) is 6.82. The third-order valence-electron chi connectivity index (χ3n) is 2.16. The zero-order chi connectivity index (χ0) is 15.5. The Labute approximate surface area is 131 Å². The first kappa shape index (κ1) is 16.9. The first-order valence-electron chi connectivity index (χ1n) is 5.95. The van der Waals surface area contributed by atoms with Crippen molar-refractivity contribution < 1.29 is 14.3 Å². The van der Waals surface area contributed by atoms with Crippen LogP contribution in [0.15, 0.2) is 16.7 Å². The minimum atomic E-state index is -0.781. The van der Waals surface area contributed by atoms with E-state index < -0.39 is 23.5 Å². The summed E-state index contributed by atoms with van der Waals surface area (Å²) in [5.41, 5.74) is -0.415. The van der Waals surface area contributed by atoms with Gasteiger partial charge in [0.25, 0.3) is 5.91 Å². The van der Waals surface area contributed by atoms with E-state index in [0.29, 0.717) is 4.47 Å². The predicted molar refractivity (Wildman–Crippen MR) is 79.7 cm³/mol. The average Bonchev–Trinajstić information content (AvgIpc) is 2.29. The van der Waals surface area contributed by atoms with Gasteiger partial charge in [-0.3, -0.25) is 4.79 Å². The quantitative estimate of drug-likeness (QED) is 0.662. The first-order valence-corrected chi connectivity index (χ1v) is 7.12. The van der Waals surface area contributed by atoms with Crippen molar-refractivity contribution in [3.8, 4) is 0 Å². The molecule has 0 aliphatic carbocycles. The molecule has 1 atom stereocenters. The van der Waals surface area contributed by atoms with Crippen molar-refractivity contribution in [1.29, 1.82) is 0 Å². The maximum Gasteiger partial charge on any atom is 0.328 e. The molecule has 20 heavy (non-hydrogen) atoms. The molecule has 5 nitrogen and oxygen atoms in total. The van der Waals surface area contributed by atoms with Crippen LogP contribution in [0, 0.1) is 0 Å². The highest BCUT2D eigenvalue weighted by Gasteiger charge is 2.24. The lowest BCUT2D eigenvalue weighted by atomic mass is 10.2. The molecule has 0 aliphatic rings. The van der Waals surface area contributed by atoms with Gasteiger partial charge in [0.1, 0.15) is 16.8 Å². The maximum atomic E-state index is 12.0. The number of pyridine rings is 1. The Kier molecular flexibility index (Phi) is 5.53. The van der Waals surface area contributed by atoms with Crippen LogP contribution in [0.3, 0.4) is 0 Å². The Morgan fingerprint density at radius 2 is 2.05 bits per heavy atom. The van der Waals surface area contributed by atoms with E-state index >= 15 is 0 Å². The van der Waals surface area contributed by atoms with Crippen LogP contribution in [0.2, 0.25) is 5.15 Å². The molecule has 1 N–H and O–H groups in total. The second-order valence-electron chi connectivity index (χ2n) is 5.22. The van der Waals surface area contributed by atoms with Gasteiger partial charge in [-0.15, -0.1) is 0 Å². The Morgan fingerprint density at radius 3 is 2.60 bits per heavy atom. The van der Waals surface area contributed by atoms with Crippen LogP contribution >= 0.6 is 27.5 Å². The molecule has 1 aromatic heterocycles. The number of carbonyl (C=O) groups is 2. The van der Waals surface area contributed by atoms with Crippen molar-refractivity contribution in [3.05, 3.63) is 27.5 Å². The number of aromatic nitrogens is 1.